The second-order valence-electron chi connectivity index (χ2n) is 6.93. The first-order valence-electron chi connectivity index (χ1n) is 8.83. The predicted octanol–water partition coefficient (Wildman–Crippen LogP) is 2.34. The van der Waals surface area contributed by atoms with Crippen LogP contribution in [0.4, 0.5) is 0 Å². The number of carbonyl (C=O) groups excluding carboxylic acids is 1. The van der Waals surface area contributed by atoms with E-state index < -0.39 is 0 Å². The van der Waals surface area contributed by atoms with Gasteiger partial charge in [0.1, 0.15) is 0 Å². The summed E-state index contributed by atoms with van der Waals surface area (Å²) in [6.07, 6.45) is 9.61. The Morgan fingerprint density at radius 3 is 3.04 bits per heavy atom. The maximum absolute atomic E-state index is 12.0. The van der Waals surface area contributed by atoms with E-state index >= 15 is 0 Å². The Morgan fingerprint density at radius 2 is 2.29 bits per heavy atom. The van der Waals surface area contributed by atoms with Crippen LogP contribution in [0.5, 0.6) is 0 Å². The van der Waals surface area contributed by atoms with Crippen molar-refractivity contribution in [3.05, 3.63) is 42.1 Å². The molecule has 1 atom stereocenters. The molecule has 0 unspecified atom stereocenters. The molecule has 2 aromatic heterocycles. The highest BCUT2D eigenvalue weighted by molar-refractivity contribution is 5.79. The largest absolute Gasteiger partial charge is 0.472 e. The summed E-state index contributed by atoms with van der Waals surface area (Å²) in [5.41, 5.74) is 2.43. The summed E-state index contributed by atoms with van der Waals surface area (Å²) in [6, 6.07) is 4.40. The minimum Gasteiger partial charge on any atom is -0.472 e. The zero-order valence-electron chi connectivity index (χ0n) is 13.9. The van der Waals surface area contributed by atoms with Gasteiger partial charge in [0.15, 0.2) is 0 Å². The van der Waals surface area contributed by atoms with Gasteiger partial charge in [-0.05, 0) is 31.4 Å². The van der Waals surface area contributed by atoms with Gasteiger partial charge in [-0.15, -0.1) is 0 Å². The van der Waals surface area contributed by atoms with Crippen molar-refractivity contribution in [2.45, 2.75) is 44.8 Å². The van der Waals surface area contributed by atoms with Crippen LogP contribution in [0.15, 0.2) is 35.3 Å². The number of furan rings is 1. The third-order valence-corrected chi connectivity index (χ3v) is 5.19. The quantitative estimate of drug-likeness (QED) is 0.884. The average Bonchev–Trinajstić information content (AvgIpc) is 3.16. The van der Waals surface area contributed by atoms with Crippen molar-refractivity contribution >= 4 is 5.91 Å². The number of rotatable bonds is 6. The summed E-state index contributed by atoms with van der Waals surface area (Å²) >= 11 is 0. The Hall–Kier alpha value is -2.08. The van der Waals surface area contributed by atoms with Crippen LogP contribution in [-0.2, 0) is 17.9 Å². The van der Waals surface area contributed by atoms with E-state index in [1.165, 1.54) is 17.7 Å². The van der Waals surface area contributed by atoms with E-state index in [-0.39, 0.29) is 11.8 Å². The smallest absolute Gasteiger partial charge is 0.223 e. The van der Waals surface area contributed by atoms with Crippen molar-refractivity contribution in [1.29, 1.82) is 0 Å². The maximum Gasteiger partial charge on any atom is 0.223 e. The van der Waals surface area contributed by atoms with Crippen LogP contribution in [0, 0.1) is 5.92 Å². The van der Waals surface area contributed by atoms with Crippen LogP contribution >= 0.6 is 0 Å². The van der Waals surface area contributed by atoms with Crippen LogP contribution in [0.25, 0.3) is 0 Å². The molecule has 6 nitrogen and oxygen atoms in total. The van der Waals surface area contributed by atoms with Crippen LogP contribution in [0.3, 0.4) is 0 Å². The third-order valence-electron chi connectivity index (χ3n) is 5.19. The van der Waals surface area contributed by atoms with Crippen LogP contribution in [0.2, 0.25) is 0 Å². The van der Waals surface area contributed by atoms with Crippen molar-refractivity contribution in [2.75, 3.05) is 13.1 Å². The summed E-state index contributed by atoms with van der Waals surface area (Å²) in [5, 5.41) is 7.59. The van der Waals surface area contributed by atoms with Crippen molar-refractivity contribution < 1.29 is 9.21 Å². The van der Waals surface area contributed by atoms with E-state index in [0.717, 1.165) is 45.4 Å². The number of fused-ring (bicyclic) bond motifs is 1. The molecule has 2 aromatic rings. The number of nitrogens with one attached hydrogen (secondary N) is 1. The van der Waals surface area contributed by atoms with Gasteiger partial charge in [-0.2, -0.15) is 5.10 Å². The maximum atomic E-state index is 12.0. The minimum absolute atomic E-state index is 0.230. The van der Waals surface area contributed by atoms with Gasteiger partial charge in [0.2, 0.25) is 5.91 Å². The number of carbonyl (C=O) groups is 1. The van der Waals surface area contributed by atoms with Gasteiger partial charge in [-0.1, -0.05) is 6.42 Å². The summed E-state index contributed by atoms with van der Waals surface area (Å²) in [4.78, 5) is 14.4. The molecule has 2 aliphatic rings. The molecular weight excluding hydrogens is 304 g/mol. The summed E-state index contributed by atoms with van der Waals surface area (Å²) in [6.45, 7) is 3.45. The fourth-order valence-corrected chi connectivity index (χ4v) is 3.62. The molecule has 1 N–H and O–H groups in total. The average molecular weight is 328 g/mol. The van der Waals surface area contributed by atoms with Gasteiger partial charge in [-0.3, -0.25) is 14.4 Å². The molecule has 128 valence electrons. The Labute approximate surface area is 141 Å². The number of aromatic nitrogens is 2. The molecule has 0 saturated heterocycles. The van der Waals surface area contributed by atoms with E-state index in [0.29, 0.717) is 6.04 Å². The Bertz CT molecular complexity index is 675. The van der Waals surface area contributed by atoms with E-state index in [4.69, 9.17) is 4.42 Å². The van der Waals surface area contributed by atoms with Crippen molar-refractivity contribution in [1.82, 2.24) is 20.0 Å². The van der Waals surface area contributed by atoms with Gasteiger partial charge in [0.05, 0.1) is 24.3 Å². The molecule has 1 amide bonds. The first-order chi connectivity index (χ1) is 11.8. The van der Waals surface area contributed by atoms with Gasteiger partial charge < -0.3 is 9.73 Å². The Kier molecular flexibility index (Phi) is 4.38. The molecule has 1 aliphatic heterocycles. The number of nitrogens with zero attached hydrogens (tertiary/aromatic N) is 3. The van der Waals surface area contributed by atoms with Gasteiger partial charge in [0.25, 0.3) is 0 Å². The van der Waals surface area contributed by atoms with Gasteiger partial charge in [0, 0.05) is 43.9 Å². The van der Waals surface area contributed by atoms with Crippen LogP contribution < -0.4 is 5.32 Å². The van der Waals surface area contributed by atoms with Crippen molar-refractivity contribution in [3.8, 4) is 0 Å². The summed E-state index contributed by atoms with van der Waals surface area (Å²) < 4.78 is 7.30. The first kappa shape index (κ1) is 15.4. The standard InChI is InChI=1S/C18H24N4O2/c23-18(15-2-1-3-15)19-7-4-16-11-21(10-14-6-9-24-13-14)12-17-5-8-20-22(16)17/h5-6,8-9,13,15-16H,1-4,7,10-12H2,(H,19,23)/t16-/m0/s1. The molecular formula is C18H24N4O2. The lowest BCUT2D eigenvalue weighted by atomic mass is 9.85. The highest BCUT2D eigenvalue weighted by Crippen LogP contribution is 2.27. The lowest BCUT2D eigenvalue weighted by molar-refractivity contribution is -0.127. The molecule has 3 heterocycles. The number of amides is 1. The van der Waals surface area contributed by atoms with E-state index in [1.807, 2.05) is 12.3 Å². The molecule has 0 aromatic carbocycles. The third kappa shape index (κ3) is 3.24. The molecule has 4 rings (SSSR count). The molecule has 6 heteroatoms. The monoisotopic (exact) mass is 328 g/mol. The van der Waals surface area contributed by atoms with E-state index in [9.17, 15) is 4.79 Å². The van der Waals surface area contributed by atoms with Gasteiger partial charge in [-0.25, -0.2) is 0 Å². The SMILES string of the molecule is O=C(NCC[C@H]1CN(Cc2ccoc2)Cc2ccnn21)C1CCC1. The Morgan fingerprint density at radius 1 is 1.38 bits per heavy atom. The molecule has 0 radical (unpaired) electrons. The molecule has 1 fully saturated rings. The molecule has 1 saturated carbocycles. The number of hydrogen-bond acceptors (Lipinski definition) is 4. The predicted molar refractivity (Wildman–Crippen MR) is 89.1 cm³/mol. The zero-order valence-corrected chi connectivity index (χ0v) is 13.9. The second-order valence-corrected chi connectivity index (χ2v) is 6.93. The topological polar surface area (TPSA) is 63.3 Å². The fourth-order valence-electron chi connectivity index (χ4n) is 3.62. The highest BCUT2D eigenvalue weighted by atomic mass is 16.3. The highest BCUT2D eigenvalue weighted by Gasteiger charge is 2.27. The second kappa shape index (κ2) is 6.81. The lowest BCUT2D eigenvalue weighted by Crippen LogP contribution is -2.40. The summed E-state index contributed by atoms with van der Waals surface area (Å²) in [7, 11) is 0. The molecule has 0 spiro atoms. The zero-order chi connectivity index (χ0) is 16.4. The van der Waals surface area contributed by atoms with E-state index in [1.54, 1.807) is 12.5 Å². The van der Waals surface area contributed by atoms with Crippen molar-refractivity contribution in [3.63, 3.8) is 0 Å². The minimum atomic E-state index is 0.230. The van der Waals surface area contributed by atoms with E-state index in [2.05, 4.69) is 26.1 Å². The number of hydrogen-bond donors (Lipinski definition) is 1. The first-order valence-corrected chi connectivity index (χ1v) is 8.83. The molecule has 1 aliphatic carbocycles. The van der Waals surface area contributed by atoms with Gasteiger partial charge >= 0.3 is 0 Å². The molecule has 24 heavy (non-hydrogen) atoms. The van der Waals surface area contributed by atoms with Crippen LogP contribution in [-0.4, -0.2) is 33.7 Å². The molecule has 0 bridgehead atoms. The fraction of sp³-hybridized carbons (Fsp3) is 0.556. The normalized spacial score (nSPS) is 21.2. The summed E-state index contributed by atoms with van der Waals surface area (Å²) in [5.74, 6) is 0.488. The lowest BCUT2D eigenvalue weighted by Gasteiger charge is -2.34. The van der Waals surface area contributed by atoms with Crippen LogP contribution in [0.1, 0.15) is 43.0 Å². The van der Waals surface area contributed by atoms with Crippen molar-refractivity contribution in [2.24, 2.45) is 5.92 Å². The Balaban J connectivity index is 1.35.